The first-order valence-corrected chi connectivity index (χ1v) is 7.68. The number of hydrogen-bond donors (Lipinski definition) is 3. The Hall–Kier alpha value is -1.81. The number of carbonyl (C=O) groups is 1. The van der Waals surface area contributed by atoms with E-state index >= 15 is 0 Å². The van der Waals surface area contributed by atoms with Crippen molar-refractivity contribution in [2.75, 3.05) is 13.1 Å². The second kappa shape index (κ2) is 5.53. The Bertz CT molecular complexity index is 681. The van der Waals surface area contributed by atoms with Gasteiger partial charge in [0.1, 0.15) is 5.69 Å². The number of piperidine rings is 1. The van der Waals surface area contributed by atoms with Gasteiger partial charge in [-0.05, 0) is 56.8 Å². The minimum absolute atomic E-state index is 0.0104. The number of amides is 1. The van der Waals surface area contributed by atoms with E-state index in [1.807, 2.05) is 6.92 Å². The monoisotopic (exact) mass is 285 g/mol. The highest BCUT2D eigenvalue weighted by Gasteiger charge is 2.20. The first kappa shape index (κ1) is 14.1. The van der Waals surface area contributed by atoms with Crippen LogP contribution in [0.2, 0.25) is 0 Å². The summed E-state index contributed by atoms with van der Waals surface area (Å²) >= 11 is 0. The summed E-state index contributed by atoms with van der Waals surface area (Å²) in [5, 5.41) is 7.65. The molecule has 112 valence electrons. The average Bonchev–Trinajstić information content (AvgIpc) is 2.83. The number of H-pyrrole nitrogens is 1. The van der Waals surface area contributed by atoms with Crippen LogP contribution in [-0.4, -0.2) is 30.0 Å². The number of aromatic amines is 1. The Morgan fingerprint density at radius 3 is 2.67 bits per heavy atom. The third kappa shape index (κ3) is 2.56. The summed E-state index contributed by atoms with van der Waals surface area (Å²) in [7, 11) is 0. The molecule has 2 aromatic rings. The van der Waals surface area contributed by atoms with Crippen molar-refractivity contribution in [2.45, 2.75) is 39.7 Å². The Labute approximate surface area is 125 Å². The molecule has 1 aromatic carbocycles. The van der Waals surface area contributed by atoms with E-state index in [-0.39, 0.29) is 11.9 Å². The number of benzene rings is 1. The Morgan fingerprint density at radius 1 is 1.24 bits per heavy atom. The van der Waals surface area contributed by atoms with E-state index in [1.54, 1.807) is 0 Å². The molecule has 3 N–H and O–H groups in total. The average molecular weight is 285 g/mol. The maximum Gasteiger partial charge on any atom is 0.268 e. The van der Waals surface area contributed by atoms with Crippen LogP contribution in [-0.2, 0) is 0 Å². The molecule has 1 aliphatic rings. The van der Waals surface area contributed by atoms with Gasteiger partial charge < -0.3 is 15.6 Å². The van der Waals surface area contributed by atoms with Gasteiger partial charge in [-0.3, -0.25) is 4.79 Å². The molecule has 3 rings (SSSR count). The van der Waals surface area contributed by atoms with Crippen molar-refractivity contribution >= 4 is 16.8 Å². The standard InChI is InChI=1S/C17H23N3O/c1-10-6-7-11(2)15-14(10)12(3)16(20-15)17(21)19-13-5-4-8-18-9-13/h6-7,13,18,20H,4-5,8-9H2,1-3H3,(H,19,21)/t13-/m1/s1. The third-order valence-electron chi connectivity index (χ3n) is 4.48. The van der Waals surface area contributed by atoms with Crippen LogP contribution >= 0.6 is 0 Å². The molecule has 0 saturated carbocycles. The molecule has 1 fully saturated rings. The molecular formula is C17H23N3O. The topological polar surface area (TPSA) is 56.9 Å². The van der Waals surface area contributed by atoms with Gasteiger partial charge in [-0.1, -0.05) is 12.1 Å². The zero-order chi connectivity index (χ0) is 15.0. The van der Waals surface area contributed by atoms with Gasteiger partial charge in [0.05, 0.1) is 0 Å². The smallest absolute Gasteiger partial charge is 0.268 e. The molecule has 1 aromatic heterocycles. The zero-order valence-electron chi connectivity index (χ0n) is 13.0. The highest BCUT2D eigenvalue weighted by Crippen LogP contribution is 2.27. The molecule has 4 nitrogen and oxygen atoms in total. The molecule has 0 aliphatic carbocycles. The zero-order valence-corrected chi connectivity index (χ0v) is 13.0. The van der Waals surface area contributed by atoms with Crippen molar-refractivity contribution < 1.29 is 4.79 Å². The molecule has 0 spiro atoms. The van der Waals surface area contributed by atoms with Crippen LogP contribution in [0.3, 0.4) is 0 Å². The maximum absolute atomic E-state index is 12.6. The highest BCUT2D eigenvalue weighted by atomic mass is 16.2. The second-order valence-electron chi connectivity index (χ2n) is 6.09. The summed E-state index contributed by atoms with van der Waals surface area (Å²) < 4.78 is 0. The molecule has 1 atom stereocenters. The van der Waals surface area contributed by atoms with Crippen LogP contribution in [0.25, 0.3) is 10.9 Å². The van der Waals surface area contributed by atoms with E-state index < -0.39 is 0 Å². The van der Waals surface area contributed by atoms with Crippen LogP contribution in [0, 0.1) is 20.8 Å². The minimum Gasteiger partial charge on any atom is -0.350 e. The van der Waals surface area contributed by atoms with Gasteiger partial charge >= 0.3 is 0 Å². The molecular weight excluding hydrogens is 262 g/mol. The van der Waals surface area contributed by atoms with Crippen molar-refractivity contribution in [1.29, 1.82) is 0 Å². The van der Waals surface area contributed by atoms with Crippen molar-refractivity contribution in [3.05, 3.63) is 34.5 Å². The SMILES string of the molecule is Cc1ccc(C)c2c(C)c(C(=O)N[C@@H]3CCCNC3)[nH]c12. The molecule has 1 saturated heterocycles. The van der Waals surface area contributed by atoms with Crippen LogP contribution in [0.5, 0.6) is 0 Å². The van der Waals surface area contributed by atoms with E-state index in [0.29, 0.717) is 5.69 Å². The van der Waals surface area contributed by atoms with Crippen molar-refractivity contribution in [3.63, 3.8) is 0 Å². The Kier molecular flexibility index (Phi) is 3.72. The molecule has 21 heavy (non-hydrogen) atoms. The number of carbonyl (C=O) groups excluding carboxylic acids is 1. The summed E-state index contributed by atoms with van der Waals surface area (Å²) in [5.41, 5.74) is 5.22. The first-order chi connectivity index (χ1) is 10.1. The number of nitrogens with one attached hydrogen (secondary N) is 3. The lowest BCUT2D eigenvalue weighted by molar-refractivity contribution is 0.0926. The fourth-order valence-electron chi connectivity index (χ4n) is 3.26. The molecule has 0 radical (unpaired) electrons. The van der Waals surface area contributed by atoms with Crippen molar-refractivity contribution in [2.24, 2.45) is 0 Å². The van der Waals surface area contributed by atoms with Gasteiger partial charge in [0, 0.05) is 23.5 Å². The summed E-state index contributed by atoms with van der Waals surface area (Å²) in [4.78, 5) is 15.9. The number of fused-ring (bicyclic) bond motifs is 1. The number of aromatic nitrogens is 1. The molecule has 0 bridgehead atoms. The lowest BCUT2D eigenvalue weighted by Crippen LogP contribution is -2.45. The fraction of sp³-hybridized carbons (Fsp3) is 0.471. The van der Waals surface area contributed by atoms with Crippen molar-refractivity contribution in [3.8, 4) is 0 Å². The van der Waals surface area contributed by atoms with Gasteiger partial charge in [0.2, 0.25) is 0 Å². The van der Waals surface area contributed by atoms with Crippen LogP contribution in [0.4, 0.5) is 0 Å². The van der Waals surface area contributed by atoms with Gasteiger partial charge in [0.15, 0.2) is 0 Å². The largest absolute Gasteiger partial charge is 0.350 e. The second-order valence-corrected chi connectivity index (χ2v) is 6.09. The summed E-state index contributed by atoms with van der Waals surface area (Å²) in [6.45, 7) is 8.11. The van der Waals surface area contributed by atoms with E-state index in [4.69, 9.17) is 0 Å². The lowest BCUT2D eigenvalue weighted by Gasteiger charge is -2.23. The summed E-state index contributed by atoms with van der Waals surface area (Å²) in [6.07, 6.45) is 2.17. The van der Waals surface area contributed by atoms with Crippen molar-refractivity contribution in [1.82, 2.24) is 15.6 Å². The molecule has 2 heterocycles. The van der Waals surface area contributed by atoms with Crippen LogP contribution in [0.15, 0.2) is 12.1 Å². The number of aryl methyl sites for hydroxylation is 3. The quantitative estimate of drug-likeness (QED) is 0.794. The molecule has 1 aliphatic heterocycles. The maximum atomic E-state index is 12.6. The normalized spacial score (nSPS) is 18.9. The predicted molar refractivity (Wildman–Crippen MR) is 85.9 cm³/mol. The number of rotatable bonds is 2. The first-order valence-electron chi connectivity index (χ1n) is 7.68. The van der Waals surface area contributed by atoms with E-state index in [0.717, 1.165) is 37.0 Å². The van der Waals surface area contributed by atoms with E-state index in [1.165, 1.54) is 16.5 Å². The van der Waals surface area contributed by atoms with E-state index in [9.17, 15) is 4.79 Å². The lowest BCUT2D eigenvalue weighted by atomic mass is 10.0. The fourth-order valence-corrected chi connectivity index (χ4v) is 3.26. The van der Waals surface area contributed by atoms with Gasteiger partial charge in [-0.15, -0.1) is 0 Å². The predicted octanol–water partition coefficient (Wildman–Crippen LogP) is 2.57. The Balaban J connectivity index is 1.93. The highest BCUT2D eigenvalue weighted by molar-refractivity contribution is 6.02. The third-order valence-corrected chi connectivity index (χ3v) is 4.48. The molecule has 4 heteroatoms. The van der Waals surface area contributed by atoms with Gasteiger partial charge in [-0.2, -0.15) is 0 Å². The number of hydrogen-bond acceptors (Lipinski definition) is 2. The minimum atomic E-state index is 0.0104. The van der Waals surface area contributed by atoms with Gasteiger partial charge in [-0.25, -0.2) is 0 Å². The van der Waals surface area contributed by atoms with E-state index in [2.05, 4.69) is 41.6 Å². The molecule has 0 unspecified atom stereocenters. The van der Waals surface area contributed by atoms with Gasteiger partial charge in [0.25, 0.3) is 5.91 Å². The molecule has 1 amide bonds. The summed E-state index contributed by atoms with van der Waals surface area (Å²) in [6, 6.07) is 4.45. The summed E-state index contributed by atoms with van der Waals surface area (Å²) in [5.74, 6) is 0.0104. The Morgan fingerprint density at radius 2 is 2.00 bits per heavy atom. The van der Waals surface area contributed by atoms with Crippen LogP contribution < -0.4 is 10.6 Å². The van der Waals surface area contributed by atoms with Crippen LogP contribution in [0.1, 0.15) is 40.0 Å².